The number of carbonyl (C=O) groups is 1. The van der Waals surface area contributed by atoms with Crippen molar-refractivity contribution in [1.29, 1.82) is 0 Å². The molecule has 1 saturated heterocycles. The van der Waals surface area contributed by atoms with Crippen LogP contribution in [0.15, 0.2) is 60.0 Å². The van der Waals surface area contributed by atoms with Crippen molar-refractivity contribution in [2.75, 3.05) is 0 Å². The Bertz CT molecular complexity index is 687. The zero-order valence-electron chi connectivity index (χ0n) is 12.9. The fourth-order valence-corrected chi connectivity index (χ4v) is 2.51. The van der Waals surface area contributed by atoms with Gasteiger partial charge in [0, 0.05) is 24.0 Å². The fourth-order valence-electron chi connectivity index (χ4n) is 2.51. The molecule has 1 aliphatic heterocycles. The average molecular weight is 309 g/mol. The SMILES string of the molecule is C/C(=N\NC(=O)C1CC(c2ccccc2)NN1)c1ccncc1. The number of rotatable bonds is 4. The minimum atomic E-state index is -0.311. The van der Waals surface area contributed by atoms with Gasteiger partial charge in [-0.1, -0.05) is 30.3 Å². The first kappa shape index (κ1) is 15.3. The van der Waals surface area contributed by atoms with Crippen LogP contribution in [-0.2, 0) is 4.79 Å². The van der Waals surface area contributed by atoms with Crippen molar-refractivity contribution in [2.45, 2.75) is 25.4 Å². The van der Waals surface area contributed by atoms with Crippen LogP contribution >= 0.6 is 0 Å². The van der Waals surface area contributed by atoms with Gasteiger partial charge < -0.3 is 0 Å². The van der Waals surface area contributed by atoms with Crippen LogP contribution in [0.1, 0.15) is 30.5 Å². The Morgan fingerprint density at radius 3 is 2.65 bits per heavy atom. The first-order valence-corrected chi connectivity index (χ1v) is 7.54. The van der Waals surface area contributed by atoms with Gasteiger partial charge in [-0.2, -0.15) is 5.10 Å². The molecule has 3 N–H and O–H groups in total. The standard InChI is InChI=1S/C17H19N5O/c1-12(13-7-9-18-10-8-13)19-22-17(23)16-11-15(20-21-16)14-5-3-2-4-6-14/h2-10,15-16,20-21H,11H2,1H3,(H,22,23)/b19-12+. The monoisotopic (exact) mass is 309 g/mol. The molecule has 1 fully saturated rings. The number of aromatic nitrogens is 1. The first-order valence-electron chi connectivity index (χ1n) is 7.54. The van der Waals surface area contributed by atoms with E-state index < -0.39 is 0 Å². The lowest BCUT2D eigenvalue weighted by Gasteiger charge is -2.09. The van der Waals surface area contributed by atoms with Gasteiger partial charge in [0.1, 0.15) is 6.04 Å². The van der Waals surface area contributed by atoms with E-state index in [1.165, 1.54) is 0 Å². The third kappa shape index (κ3) is 3.80. The summed E-state index contributed by atoms with van der Waals surface area (Å²) >= 11 is 0. The van der Waals surface area contributed by atoms with E-state index in [9.17, 15) is 4.79 Å². The molecule has 0 saturated carbocycles. The normalized spacial score (nSPS) is 21.2. The van der Waals surface area contributed by atoms with Crippen LogP contribution < -0.4 is 16.3 Å². The third-order valence-corrected chi connectivity index (χ3v) is 3.85. The molecule has 2 heterocycles. The van der Waals surface area contributed by atoms with Gasteiger partial charge in [0.15, 0.2) is 0 Å². The highest BCUT2D eigenvalue weighted by atomic mass is 16.2. The Hall–Kier alpha value is -2.57. The number of carbonyl (C=O) groups excluding carboxylic acids is 1. The molecule has 3 rings (SSSR count). The van der Waals surface area contributed by atoms with Gasteiger partial charge >= 0.3 is 0 Å². The van der Waals surface area contributed by atoms with Gasteiger partial charge in [-0.25, -0.2) is 16.3 Å². The summed E-state index contributed by atoms with van der Waals surface area (Å²) in [7, 11) is 0. The predicted octanol–water partition coefficient (Wildman–Crippen LogP) is 1.53. The number of hydrogen-bond acceptors (Lipinski definition) is 5. The van der Waals surface area contributed by atoms with Crippen molar-refractivity contribution < 1.29 is 4.79 Å². The molecule has 6 heteroatoms. The molecule has 2 unspecified atom stereocenters. The van der Waals surface area contributed by atoms with Crippen molar-refractivity contribution in [2.24, 2.45) is 5.10 Å². The molecule has 0 aliphatic carbocycles. The van der Waals surface area contributed by atoms with Crippen molar-refractivity contribution >= 4 is 11.6 Å². The number of amides is 1. The van der Waals surface area contributed by atoms with Crippen LogP contribution in [0.5, 0.6) is 0 Å². The predicted molar refractivity (Wildman–Crippen MR) is 88.5 cm³/mol. The number of hydrazine groups is 1. The Labute approximate surface area is 135 Å². The molecule has 1 aromatic carbocycles. The molecular formula is C17H19N5O. The Morgan fingerprint density at radius 1 is 1.17 bits per heavy atom. The molecule has 1 aliphatic rings. The maximum Gasteiger partial charge on any atom is 0.258 e. The summed E-state index contributed by atoms with van der Waals surface area (Å²) in [4.78, 5) is 16.2. The maximum absolute atomic E-state index is 12.2. The van der Waals surface area contributed by atoms with E-state index in [1.807, 2.05) is 49.4 Å². The minimum absolute atomic E-state index is 0.122. The quantitative estimate of drug-likeness (QED) is 0.591. The number of nitrogens with one attached hydrogen (secondary N) is 3. The lowest BCUT2D eigenvalue weighted by Crippen LogP contribution is -2.41. The Morgan fingerprint density at radius 2 is 1.91 bits per heavy atom. The van der Waals surface area contributed by atoms with Gasteiger partial charge in [0.25, 0.3) is 5.91 Å². The Kier molecular flexibility index (Phi) is 4.75. The van der Waals surface area contributed by atoms with Crippen LogP contribution in [0.3, 0.4) is 0 Å². The largest absolute Gasteiger partial charge is 0.271 e. The third-order valence-electron chi connectivity index (χ3n) is 3.85. The van der Waals surface area contributed by atoms with E-state index in [0.717, 1.165) is 16.8 Å². The number of pyridine rings is 1. The van der Waals surface area contributed by atoms with E-state index in [1.54, 1.807) is 12.4 Å². The summed E-state index contributed by atoms with van der Waals surface area (Å²) < 4.78 is 0. The molecule has 118 valence electrons. The zero-order chi connectivity index (χ0) is 16.1. The van der Waals surface area contributed by atoms with Crippen LogP contribution in [-0.4, -0.2) is 22.6 Å². The second kappa shape index (κ2) is 7.13. The molecule has 0 spiro atoms. The molecule has 6 nitrogen and oxygen atoms in total. The van der Waals surface area contributed by atoms with Crippen molar-refractivity contribution in [3.8, 4) is 0 Å². The van der Waals surface area contributed by atoms with E-state index in [0.29, 0.717) is 6.42 Å². The number of hydrogen-bond donors (Lipinski definition) is 3. The highest BCUT2D eigenvalue weighted by molar-refractivity contribution is 5.99. The van der Waals surface area contributed by atoms with E-state index >= 15 is 0 Å². The number of nitrogens with zero attached hydrogens (tertiary/aromatic N) is 2. The van der Waals surface area contributed by atoms with Crippen molar-refractivity contribution in [1.82, 2.24) is 21.3 Å². The molecule has 2 atom stereocenters. The second-order valence-corrected chi connectivity index (χ2v) is 5.45. The first-order chi connectivity index (χ1) is 11.2. The number of benzene rings is 1. The van der Waals surface area contributed by atoms with Gasteiger partial charge in [0.05, 0.1) is 5.71 Å². The molecular weight excluding hydrogens is 290 g/mol. The van der Waals surface area contributed by atoms with Crippen LogP contribution in [0.2, 0.25) is 0 Å². The van der Waals surface area contributed by atoms with E-state index in [-0.39, 0.29) is 18.0 Å². The molecule has 1 aromatic heterocycles. The van der Waals surface area contributed by atoms with Crippen LogP contribution in [0.4, 0.5) is 0 Å². The van der Waals surface area contributed by atoms with E-state index in [4.69, 9.17) is 0 Å². The second-order valence-electron chi connectivity index (χ2n) is 5.45. The Balaban J connectivity index is 1.57. The van der Waals surface area contributed by atoms with Gasteiger partial charge in [-0.05, 0) is 31.0 Å². The maximum atomic E-state index is 12.2. The van der Waals surface area contributed by atoms with Crippen molar-refractivity contribution in [3.63, 3.8) is 0 Å². The molecule has 0 bridgehead atoms. The molecule has 2 aromatic rings. The molecule has 0 radical (unpaired) electrons. The summed E-state index contributed by atoms with van der Waals surface area (Å²) in [5.74, 6) is -0.149. The molecule has 1 amide bonds. The van der Waals surface area contributed by atoms with Gasteiger partial charge in [0.2, 0.25) is 0 Å². The highest BCUT2D eigenvalue weighted by Gasteiger charge is 2.29. The van der Waals surface area contributed by atoms with Gasteiger partial charge in [-0.15, -0.1) is 0 Å². The zero-order valence-corrected chi connectivity index (χ0v) is 12.9. The number of hydrazone groups is 1. The summed E-state index contributed by atoms with van der Waals surface area (Å²) in [5, 5.41) is 4.16. The smallest absolute Gasteiger partial charge is 0.258 e. The lowest BCUT2D eigenvalue weighted by molar-refractivity contribution is -0.122. The fraction of sp³-hybridized carbons (Fsp3) is 0.235. The summed E-state index contributed by atoms with van der Waals surface area (Å²) in [6, 6.07) is 13.6. The van der Waals surface area contributed by atoms with Crippen LogP contribution in [0.25, 0.3) is 0 Å². The summed E-state index contributed by atoms with van der Waals surface area (Å²) in [6.45, 7) is 1.85. The molecule has 23 heavy (non-hydrogen) atoms. The van der Waals surface area contributed by atoms with Crippen molar-refractivity contribution in [3.05, 3.63) is 66.0 Å². The van der Waals surface area contributed by atoms with Gasteiger partial charge in [-0.3, -0.25) is 9.78 Å². The topological polar surface area (TPSA) is 78.4 Å². The minimum Gasteiger partial charge on any atom is -0.271 e. The van der Waals surface area contributed by atoms with Crippen LogP contribution in [0, 0.1) is 0 Å². The summed E-state index contributed by atoms with van der Waals surface area (Å²) in [6.07, 6.45) is 4.08. The summed E-state index contributed by atoms with van der Waals surface area (Å²) in [5.41, 5.74) is 11.6. The lowest BCUT2D eigenvalue weighted by atomic mass is 10.0. The van der Waals surface area contributed by atoms with E-state index in [2.05, 4.69) is 26.4 Å². The highest BCUT2D eigenvalue weighted by Crippen LogP contribution is 2.21. The average Bonchev–Trinajstić information content (AvgIpc) is 3.11.